The summed E-state index contributed by atoms with van der Waals surface area (Å²) in [6.07, 6.45) is 1.47. The third kappa shape index (κ3) is 5.03. The van der Waals surface area contributed by atoms with Crippen molar-refractivity contribution in [2.45, 2.75) is 20.7 Å². The molecule has 7 rings (SSSR count). The van der Waals surface area contributed by atoms with E-state index in [1.54, 1.807) is 18.2 Å². The van der Waals surface area contributed by atoms with Crippen LogP contribution in [0.4, 0.5) is 0 Å². The molecule has 3 aromatic carbocycles. The maximum Gasteiger partial charge on any atom is 0.148 e. The zero-order chi connectivity index (χ0) is 31.3. The molecule has 0 fully saturated rings. The van der Waals surface area contributed by atoms with Crippen molar-refractivity contribution in [2.24, 2.45) is 0 Å². The molecule has 7 aromatic rings. The van der Waals surface area contributed by atoms with Crippen molar-refractivity contribution in [1.82, 2.24) is 15.0 Å². The Morgan fingerprint density at radius 2 is 1.76 bits per heavy atom. The number of aryl methyl sites for hydroxylation is 3. The van der Waals surface area contributed by atoms with Crippen LogP contribution in [0.1, 0.15) is 25.7 Å². The second-order valence-corrected chi connectivity index (χ2v) is 9.48. The molecule has 0 saturated heterocycles. The van der Waals surface area contributed by atoms with Gasteiger partial charge in [-0.25, -0.2) is 4.98 Å². The van der Waals surface area contributed by atoms with Gasteiger partial charge in [-0.15, -0.1) is 64.9 Å². The minimum Gasteiger partial charge on any atom is -0.498 e. The molecule has 189 valence electrons. The molecule has 0 spiro atoms. The van der Waals surface area contributed by atoms with E-state index in [0.717, 1.165) is 28.0 Å². The molecular formula is C32H23IrN3OS-2. The third-order valence-electron chi connectivity index (χ3n) is 5.82. The van der Waals surface area contributed by atoms with Crippen molar-refractivity contribution in [3.8, 4) is 22.5 Å². The molecule has 0 unspecified atom stereocenters. The minimum absolute atomic E-state index is 0. The van der Waals surface area contributed by atoms with Crippen molar-refractivity contribution in [2.75, 3.05) is 0 Å². The summed E-state index contributed by atoms with van der Waals surface area (Å²) in [6, 6.07) is 22.3. The standard InChI is InChI=1S/C19H11N2OS.C13H12N.Ir/c1-11-21-17-16(23-11)9-8-13-12-5-4-6-14(18(12)22-19(13)17)15-7-2-3-10-20-15;1-10-3-6-12(7-4-10)13-8-5-11(2)9-14-13;/h2-5,7-10H,1H3;3-6,8-9H,1-2H3;/q2*-1;/i1D3,2D,3D,7D,10D;;. The SMILES string of the molecule is Cc1c[c-]c(-c2ccc(C)cn2)cc1.[2H]c1nc(-c2[c-]ccc3c2oc2c3ccc3sc(C([2H])([2H])[2H])nc32)c([2H])c([2H])c1[2H].[Ir]. The van der Waals surface area contributed by atoms with Gasteiger partial charge in [0.05, 0.1) is 20.8 Å². The fourth-order valence-corrected chi connectivity index (χ4v) is 4.72. The van der Waals surface area contributed by atoms with Gasteiger partial charge in [0, 0.05) is 42.0 Å². The van der Waals surface area contributed by atoms with E-state index >= 15 is 0 Å². The van der Waals surface area contributed by atoms with Crippen molar-refractivity contribution in [3.05, 3.63) is 113 Å². The summed E-state index contributed by atoms with van der Waals surface area (Å²) in [6.45, 7) is 1.77. The van der Waals surface area contributed by atoms with Gasteiger partial charge in [0.1, 0.15) is 11.1 Å². The summed E-state index contributed by atoms with van der Waals surface area (Å²) in [4.78, 5) is 12.6. The third-order valence-corrected chi connectivity index (χ3v) is 6.65. The largest absolute Gasteiger partial charge is 0.498 e. The predicted octanol–water partition coefficient (Wildman–Crippen LogP) is 8.53. The van der Waals surface area contributed by atoms with Gasteiger partial charge in [-0.2, -0.15) is 0 Å². The molecule has 0 amide bonds. The molecule has 0 saturated carbocycles. The Labute approximate surface area is 248 Å². The number of aromatic nitrogens is 3. The Bertz CT molecular complexity index is 2130. The van der Waals surface area contributed by atoms with Crippen LogP contribution in [0, 0.1) is 32.8 Å². The number of rotatable bonds is 2. The van der Waals surface area contributed by atoms with Crippen LogP contribution in [-0.2, 0) is 20.1 Å². The Hall–Kier alpha value is -3.70. The molecule has 0 aliphatic carbocycles. The van der Waals surface area contributed by atoms with E-state index < -0.39 is 25.1 Å². The second kappa shape index (κ2) is 11.0. The van der Waals surface area contributed by atoms with Crippen LogP contribution in [0.2, 0.25) is 0 Å². The van der Waals surface area contributed by atoms with Gasteiger partial charge >= 0.3 is 0 Å². The van der Waals surface area contributed by atoms with E-state index in [9.17, 15) is 0 Å². The maximum atomic E-state index is 8.20. The Morgan fingerprint density at radius 3 is 2.55 bits per heavy atom. The fourth-order valence-electron chi connectivity index (χ4n) is 4.00. The number of benzene rings is 3. The zero-order valence-electron chi connectivity index (χ0n) is 27.3. The Kier molecular flexibility index (Phi) is 5.35. The summed E-state index contributed by atoms with van der Waals surface area (Å²) >= 11 is 1.08. The number of pyridine rings is 2. The van der Waals surface area contributed by atoms with Crippen LogP contribution >= 0.6 is 11.3 Å². The van der Waals surface area contributed by atoms with Gasteiger partial charge in [-0.3, -0.25) is 0 Å². The van der Waals surface area contributed by atoms with Crippen molar-refractivity contribution < 1.29 is 34.1 Å². The molecule has 0 N–H and O–H groups in total. The summed E-state index contributed by atoms with van der Waals surface area (Å²) in [5.41, 5.74) is 5.97. The van der Waals surface area contributed by atoms with Crippen molar-refractivity contribution in [1.29, 1.82) is 0 Å². The number of nitrogens with zero attached hydrogens (tertiary/aromatic N) is 3. The minimum atomic E-state index is -2.32. The molecule has 38 heavy (non-hydrogen) atoms. The normalized spacial score (nSPS) is 13.8. The second-order valence-electron chi connectivity index (χ2n) is 8.45. The predicted molar refractivity (Wildman–Crippen MR) is 152 cm³/mol. The number of fused-ring (bicyclic) bond motifs is 5. The van der Waals surface area contributed by atoms with Crippen LogP contribution in [0.5, 0.6) is 0 Å². The Balaban J connectivity index is 0.000000225. The Morgan fingerprint density at radius 1 is 0.895 bits per heavy atom. The molecule has 4 aromatic heterocycles. The molecule has 0 atom stereocenters. The molecule has 1 radical (unpaired) electrons. The summed E-state index contributed by atoms with van der Waals surface area (Å²) in [7, 11) is 0. The van der Waals surface area contributed by atoms with Crippen molar-refractivity contribution in [3.63, 3.8) is 0 Å². The molecule has 0 aliphatic heterocycles. The molecule has 0 bridgehead atoms. The first-order valence-electron chi connectivity index (χ1n) is 15.0. The van der Waals surface area contributed by atoms with Gasteiger partial charge in [-0.1, -0.05) is 48.2 Å². The first-order valence-corrected chi connectivity index (χ1v) is 12.3. The number of thiazole rings is 1. The van der Waals surface area contributed by atoms with E-state index in [0.29, 0.717) is 32.3 Å². The van der Waals surface area contributed by atoms with Gasteiger partial charge in [0.2, 0.25) is 0 Å². The van der Waals surface area contributed by atoms with E-state index in [-0.39, 0.29) is 36.8 Å². The molecular weight excluding hydrogens is 667 g/mol. The number of hydrogen-bond acceptors (Lipinski definition) is 5. The van der Waals surface area contributed by atoms with Crippen LogP contribution in [0.15, 0.2) is 89.5 Å². The molecule has 0 aliphatic rings. The first-order chi connectivity index (χ1) is 20.9. The van der Waals surface area contributed by atoms with E-state index in [2.05, 4.69) is 46.1 Å². The van der Waals surface area contributed by atoms with E-state index in [4.69, 9.17) is 14.0 Å². The van der Waals surface area contributed by atoms with Crippen LogP contribution in [-0.4, -0.2) is 15.0 Å². The van der Waals surface area contributed by atoms with Gasteiger partial charge in [0.25, 0.3) is 0 Å². The quantitative estimate of drug-likeness (QED) is 0.170. The average molecular weight is 697 g/mol. The maximum absolute atomic E-state index is 8.20. The average Bonchev–Trinajstić information content (AvgIpc) is 3.61. The summed E-state index contributed by atoms with van der Waals surface area (Å²) in [5.74, 6) is 0. The van der Waals surface area contributed by atoms with Crippen molar-refractivity contribution >= 4 is 43.5 Å². The first kappa shape index (κ1) is 18.5. The fraction of sp³-hybridized carbons (Fsp3) is 0.0938. The topological polar surface area (TPSA) is 51.8 Å². The molecule has 4 heterocycles. The van der Waals surface area contributed by atoms with Crippen LogP contribution in [0.25, 0.3) is 54.7 Å². The van der Waals surface area contributed by atoms with Gasteiger partial charge < -0.3 is 14.4 Å². The number of furan rings is 1. The molecule has 6 heteroatoms. The van der Waals surface area contributed by atoms with Crippen LogP contribution in [0.3, 0.4) is 0 Å². The molecule has 4 nitrogen and oxygen atoms in total. The summed E-state index contributed by atoms with van der Waals surface area (Å²) < 4.78 is 61.2. The van der Waals surface area contributed by atoms with Gasteiger partial charge in [-0.05, 0) is 42.8 Å². The van der Waals surface area contributed by atoms with E-state index in [1.807, 2.05) is 37.4 Å². The zero-order valence-corrected chi connectivity index (χ0v) is 23.5. The van der Waals surface area contributed by atoms with E-state index in [1.165, 1.54) is 11.1 Å². The van der Waals surface area contributed by atoms with Gasteiger partial charge in [0.15, 0.2) is 0 Å². The number of hydrogen-bond donors (Lipinski definition) is 0. The smallest absolute Gasteiger partial charge is 0.148 e. The summed E-state index contributed by atoms with van der Waals surface area (Å²) in [5, 5.41) is 1.44. The van der Waals surface area contributed by atoms with Crippen LogP contribution < -0.4 is 0 Å². The monoisotopic (exact) mass is 697 g/mol.